The van der Waals surface area contributed by atoms with E-state index < -0.39 is 0 Å². The van der Waals surface area contributed by atoms with Crippen LogP contribution in [0.2, 0.25) is 0 Å². The van der Waals surface area contributed by atoms with Gasteiger partial charge in [0.15, 0.2) is 0 Å². The molecule has 0 N–H and O–H groups in total. The number of nitrogens with zero attached hydrogens (tertiary/aromatic N) is 1. The standard InChI is InChI=1S/C22H25NO/c1-5-22(3)12-8-11-19-18(15-22)14-20(23(4)21(19)24)17-10-7-6-9-16(2)13-17/h6-16H,5H2,1-4H3. The molecule has 1 heterocycles. The lowest BCUT2D eigenvalue weighted by Gasteiger charge is -2.19. The van der Waals surface area contributed by atoms with Crippen LogP contribution in [-0.4, -0.2) is 4.57 Å². The number of hydrogen-bond donors (Lipinski definition) is 0. The molecule has 2 atom stereocenters. The van der Waals surface area contributed by atoms with Crippen molar-refractivity contribution >= 4 is 17.7 Å². The molecular formula is C22H25NO. The first-order chi connectivity index (χ1) is 11.4. The summed E-state index contributed by atoms with van der Waals surface area (Å²) in [6.45, 7) is 6.54. The minimum Gasteiger partial charge on any atom is -0.311 e. The van der Waals surface area contributed by atoms with Crippen molar-refractivity contribution in [1.82, 2.24) is 4.57 Å². The molecule has 24 heavy (non-hydrogen) atoms. The number of pyridine rings is 1. The van der Waals surface area contributed by atoms with Crippen LogP contribution in [0, 0.1) is 11.3 Å². The van der Waals surface area contributed by atoms with Gasteiger partial charge in [-0.2, -0.15) is 0 Å². The van der Waals surface area contributed by atoms with Crippen molar-refractivity contribution in [3.05, 3.63) is 75.1 Å². The van der Waals surface area contributed by atoms with Gasteiger partial charge in [-0.1, -0.05) is 69.4 Å². The Balaban J connectivity index is 2.31. The van der Waals surface area contributed by atoms with Gasteiger partial charge in [-0.3, -0.25) is 4.79 Å². The molecule has 0 fully saturated rings. The summed E-state index contributed by atoms with van der Waals surface area (Å²) < 4.78 is 1.76. The van der Waals surface area contributed by atoms with Crippen LogP contribution in [0.25, 0.3) is 17.7 Å². The van der Waals surface area contributed by atoms with Gasteiger partial charge in [-0.05, 0) is 35.3 Å². The average molecular weight is 319 g/mol. The van der Waals surface area contributed by atoms with E-state index in [2.05, 4.69) is 63.3 Å². The third-order valence-electron chi connectivity index (χ3n) is 5.03. The molecule has 0 saturated carbocycles. The van der Waals surface area contributed by atoms with Gasteiger partial charge in [0.05, 0.1) is 5.69 Å². The van der Waals surface area contributed by atoms with Crippen LogP contribution in [-0.2, 0) is 7.05 Å². The maximum Gasteiger partial charge on any atom is 0.258 e. The van der Waals surface area contributed by atoms with Gasteiger partial charge in [0.25, 0.3) is 5.56 Å². The summed E-state index contributed by atoms with van der Waals surface area (Å²) in [4.78, 5) is 12.9. The molecule has 2 unspecified atom stereocenters. The zero-order chi connectivity index (χ0) is 17.3. The number of allylic oxidation sites excluding steroid dienone is 8. The largest absolute Gasteiger partial charge is 0.311 e. The third kappa shape index (κ3) is 3.01. The molecule has 0 amide bonds. The summed E-state index contributed by atoms with van der Waals surface area (Å²) in [5, 5.41) is 1.81. The van der Waals surface area contributed by atoms with Gasteiger partial charge >= 0.3 is 0 Å². The Hall–Kier alpha value is -2.35. The Labute approximate surface area is 143 Å². The zero-order valence-corrected chi connectivity index (χ0v) is 14.9. The molecule has 1 aromatic rings. The Bertz CT molecular complexity index is 953. The highest BCUT2D eigenvalue weighted by molar-refractivity contribution is 5.73. The zero-order valence-electron chi connectivity index (χ0n) is 14.9. The fourth-order valence-corrected chi connectivity index (χ4v) is 3.25. The highest BCUT2D eigenvalue weighted by atomic mass is 16.1. The quantitative estimate of drug-likeness (QED) is 0.821. The van der Waals surface area contributed by atoms with Gasteiger partial charge in [-0.15, -0.1) is 0 Å². The molecule has 1 aromatic heterocycles. The van der Waals surface area contributed by atoms with E-state index in [0.29, 0.717) is 5.92 Å². The van der Waals surface area contributed by atoms with Crippen LogP contribution < -0.4 is 16.0 Å². The minimum absolute atomic E-state index is 0.0199. The van der Waals surface area contributed by atoms with Gasteiger partial charge in [0, 0.05) is 17.7 Å². The van der Waals surface area contributed by atoms with Crippen LogP contribution in [0.1, 0.15) is 32.9 Å². The smallest absolute Gasteiger partial charge is 0.258 e. The second-order valence-corrected chi connectivity index (χ2v) is 7.02. The van der Waals surface area contributed by atoms with E-state index in [4.69, 9.17) is 0 Å². The number of rotatable bonds is 2. The van der Waals surface area contributed by atoms with Crippen molar-refractivity contribution in [3.63, 3.8) is 0 Å². The molecule has 0 aromatic carbocycles. The molecule has 0 radical (unpaired) electrons. The Kier molecular flexibility index (Phi) is 4.31. The van der Waals surface area contributed by atoms with Crippen molar-refractivity contribution in [2.24, 2.45) is 18.4 Å². The number of fused-ring (bicyclic) bond motifs is 1. The molecular weight excluding hydrogens is 294 g/mol. The highest BCUT2D eigenvalue weighted by Gasteiger charge is 2.17. The van der Waals surface area contributed by atoms with Gasteiger partial charge < -0.3 is 4.57 Å². The number of aromatic nitrogens is 1. The van der Waals surface area contributed by atoms with E-state index in [9.17, 15) is 4.79 Å². The maximum atomic E-state index is 12.9. The first-order valence-electron chi connectivity index (χ1n) is 8.63. The Morgan fingerprint density at radius 1 is 1.25 bits per heavy atom. The molecule has 2 aliphatic rings. The summed E-state index contributed by atoms with van der Waals surface area (Å²) in [5.74, 6) is 0.349. The van der Waals surface area contributed by atoms with Crippen molar-refractivity contribution in [3.8, 4) is 0 Å². The topological polar surface area (TPSA) is 22.0 Å². The monoisotopic (exact) mass is 319 g/mol. The van der Waals surface area contributed by atoms with Crippen LogP contribution in [0.5, 0.6) is 0 Å². The van der Waals surface area contributed by atoms with Crippen LogP contribution in [0.3, 0.4) is 0 Å². The molecule has 2 aliphatic carbocycles. The fourth-order valence-electron chi connectivity index (χ4n) is 3.25. The van der Waals surface area contributed by atoms with Crippen LogP contribution in [0.4, 0.5) is 0 Å². The second kappa shape index (κ2) is 6.27. The van der Waals surface area contributed by atoms with Gasteiger partial charge in [-0.25, -0.2) is 0 Å². The Morgan fingerprint density at radius 2 is 2.04 bits per heavy atom. The van der Waals surface area contributed by atoms with Gasteiger partial charge in [0.1, 0.15) is 0 Å². The molecule has 0 aliphatic heterocycles. The average Bonchev–Trinajstić information content (AvgIpc) is 2.87. The van der Waals surface area contributed by atoms with Gasteiger partial charge in [0.2, 0.25) is 0 Å². The third-order valence-corrected chi connectivity index (χ3v) is 5.03. The van der Waals surface area contributed by atoms with Crippen molar-refractivity contribution in [1.29, 1.82) is 0 Å². The van der Waals surface area contributed by atoms with Crippen molar-refractivity contribution in [2.45, 2.75) is 27.2 Å². The molecule has 124 valence electrons. The van der Waals surface area contributed by atoms with Crippen LogP contribution in [0.15, 0.2) is 53.4 Å². The first kappa shape index (κ1) is 16.5. The summed E-state index contributed by atoms with van der Waals surface area (Å²) in [6, 6.07) is 2.16. The molecule has 0 saturated heterocycles. The fraction of sp³-hybridized carbons (Fsp3) is 0.318. The normalized spacial score (nSPS) is 25.2. The summed E-state index contributed by atoms with van der Waals surface area (Å²) in [6.07, 6.45) is 19.9. The van der Waals surface area contributed by atoms with E-state index in [-0.39, 0.29) is 11.0 Å². The molecule has 2 nitrogen and oxygen atoms in total. The first-order valence-corrected chi connectivity index (χ1v) is 8.63. The SMILES string of the molecule is CCC1(C)C=CC=c2c(cc(C3=CC(C)C=CC=C3)n(C)c2=O)=C1. The predicted molar refractivity (Wildman–Crippen MR) is 103 cm³/mol. The van der Waals surface area contributed by atoms with E-state index >= 15 is 0 Å². The lowest BCUT2D eigenvalue weighted by atomic mass is 9.86. The summed E-state index contributed by atoms with van der Waals surface area (Å²) >= 11 is 0. The minimum atomic E-state index is -0.0199. The van der Waals surface area contributed by atoms with E-state index in [1.807, 2.05) is 25.3 Å². The Morgan fingerprint density at radius 3 is 2.79 bits per heavy atom. The second-order valence-electron chi connectivity index (χ2n) is 7.02. The number of hydrogen-bond acceptors (Lipinski definition) is 1. The molecule has 0 spiro atoms. The van der Waals surface area contributed by atoms with Crippen molar-refractivity contribution in [2.75, 3.05) is 0 Å². The summed E-state index contributed by atoms with van der Waals surface area (Å²) in [5.41, 5.74) is 2.10. The highest BCUT2D eigenvalue weighted by Crippen LogP contribution is 2.25. The molecule has 2 heteroatoms. The summed E-state index contributed by atoms with van der Waals surface area (Å²) in [7, 11) is 1.86. The van der Waals surface area contributed by atoms with E-state index in [0.717, 1.165) is 28.1 Å². The van der Waals surface area contributed by atoms with E-state index in [1.165, 1.54) is 0 Å². The lowest BCUT2D eigenvalue weighted by Crippen LogP contribution is -2.45. The predicted octanol–water partition coefficient (Wildman–Crippen LogP) is 3.08. The van der Waals surface area contributed by atoms with Crippen LogP contribution >= 0.6 is 0 Å². The molecule has 3 rings (SSSR count). The van der Waals surface area contributed by atoms with Crippen molar-refractivity contribution < 1.29 is 0 Å². The van der Waals surface area contributed by atoms with E-state index in [1.54, 1.807) is 4.57 Å². The maximum absolute atomic E-state index is 12.9. The molecule has 0 bridgehead atoms. The lowest BCUT2D eigenvalue weighted by molar-refractivity contribution is 0.566.